The summed E-state index contributed by atoms with van der Waals surface area (Å²) in [5, 5.41) is 12.0. The molecule has 0 bridgehead atoms. The zero-order valence-corrected chi connectivity index (χ0v) is 17.3. The maximum atomic E-state index is 11.4. The predicted molar refractivity (Wildman–Crippen MR) is 111 cm³/mol. The minimum absolute atomic E-state index is 0.0917. The van der Waals surface area contributed by atoms with E-state index in [2.05, 4.69) is 15.6 Å². The van der Waals surface area contributed by atoms with Crippen LogP contribution in [0.2, 0.25) is 0 Å². The Morgan fingerprint density at radius 3 is 2.66 bits per heavy atom. The van der Waals surface area contributed by atoms with Crippen molar-refractivity contribution in [3.8, 4) is 0 Å². The Labute approximate surface area is 171 Å². The highest BCUT2D eigenvalue weighted by molar-refractivity contribution is 7.89. The zero-order valence-electron chi connectivity index (χ0n) is 16.5. The number of benzene rings is 1. The van der Waals surface area contributed by atoms with E-state index < -0.39 is 10.0 Å². The zero-order chi connectivity index (χ0) is 20.7. The number of ether oxygens (including phenoxy) is 1. The summed E-state index contributed by atoms with van der Waals surface area (Å²) < 4.78 is 33.5. The number of nitrogens with zero attached hydrogens (tertiary/aromatic N) is 1. The first kappa shape index (κ1) is 21.4. The molecule has 29 heavy (non-hydrogen) atoms. The number of nitrogens with two attached hydrogens (primary N) is 1. The lowest BCUT2D eigenvalue weighted by Crippen LogP contribution is -2.47. The van der Waals surface area contributed by atoms with Crippen LogP contribution in [0.25, 0.3) is 0 Å². The number of hydrogen-bond donors (Lipinski definition) is 3. The molecule has 0 spiro atoms. The maximum Gasteiger partial charge on any atom is 0.238 e. The number of sulfonamides is 1. The lowest BCUT2D eigenvalue weighted by Gasteiger charge is -2.21. The van der Waals surface area contributed by atoms with E-state index >= 15 is 0 Å². The van der Waals surface area contributed by atoms with Crippen LogP contribution in [0.4, 0.5) is 0 Å². The monoisotopic (exact) mass is 420 g/mol. The fourth-order valence-electron chi connectivity index (χ4n) is 3.02. The lowest BCUT2D eigenvalue weighted by atomic mass is 10.2. The molecule has 1 unspecified atom stereocenters. The van der Waals surface area contributed by atoms with E-state index in [9.17, 15) is 8.42 Å². The maximum absolute atomic E-state index is 11.4. The van der Waals surface area contributed by atoms with E-state index in [1.54, 1.807) is 25.5 Å². The van der Waals surface area contributed by atoms with Gasteiger partial charge >= 0.3 is 0 Å². The molecule has 1 aromatic heterocycles. The Kier molecular flexibility index (Phi) is 7.29. The molecular formula is C20H28N4O4S. The molecule has 0 saturated heterocycles. The first-order chi connectivity index (χ1) is 14.0. The molecule has 158 valence electrons. The van der Waals surface area contributed by atoms with Crippen LogP contribution in [0, 0.1) is 5.92 Å². The first-order valence-corrected chi connectivity index (χ1v) is 11.2. The largest absolute Gasteiger partial charge is 0.469 e. The van der Waals surface area contributed by atoms with Crippen LogP contribution < -0.4 is 15.8 Å². The van der Waals surface area contributed by atoms with Crippen molar-refractivity contribution < 1.29 is 17.6 Å². The number of guanidine groups is 1. The van der Waals surface area contributed by atoms with Crippen LogP contribution in [0.5, 0.6) is 0 Å². The van der Waals surface area contributed by atoms with Crippen LogP contribution in [0.15, 0.2) is 57.0 Å². The summed E-state index contributed by atoms with van der Waals surface area (Å²) in [6.45, 7) is 1.70. The highest BCUT2D eigenvalue weighted by Crippen LogP contribution is 2.32. The Hall–Kier alpha value is -2.36. The van der Waals surface area contributed by atoms with Gasteiger partial charge in [-0.2, -0.15) is 0 Å². The van der Waals surface area contributed by atoms with Crippen molar-refractivity contribution in [1.29, 1.82) is 0 Å². The second-order valence-corrected chi connectivity index (χ2v) is 8.71. The van der Waals surface area contributed by atoms with Crippen molar-refractivity contribution in [1.82, 2.24) is 10.6 Å². The Morgan fingerprint density at radius 2 is 2.07 bits per heavy atom. The molecule has 1 atom stereocenters. The molecule has 1 aromatic carbocycles. The third-order valence-electron chi connectivity index (χ3n) is 4.77. The molecule has 1 heterocycles. The first-order valence-electron chi connectivity index (χ1n) is 9.63. The Bertz CT molecular complexity index is 891. The molecule has 1 saturated carbocycles. The van der Waals surface area contributed by atoms with Gasteiger partial charge in [-0.25, -0.2) is 18.5 Å². The van der Waals surface area contributed by atoms with E-state index in [0.717, 1.165) is 17.7 Å². The average molecular weight is 421 g/mol. The predicted octanol–water partition coefficient (Wildman–Crippen LogP) is 1.63. The molecule has 3 rings (SSSR count). The van der Waals surface area contributed by atoms with Crippen molar-refractivity contribution in [2.24, 2.45) is 16.0 Å². The van der Waals surface area contributed by atoms with E-state index in [1.165, 1.54) is 25.0 Å². The third kappa shape index (κ3) is 6.88. The van der Waals surface area contributed by atoms with Gasteiger partial charge in [-0.3, -0.25) is 0 Å². The summed E-state index contributed by atoms with van der Waals surface area (Å²) >= 11 is 0. The van der Waals surface area contributed by atoms with Crippen LogP contribution >= 0.6 is 0 Å². The molecule has 1 fully saturated rings. The van der Waals surface area contributed by atoms with Crippen LogP contribution in [-0.4, -0.2) is 40.7 Å². The molecule has 0 amide bonds. The molecule has 9 heteroatoms. The lowest BCUT2D eigenvalue weighted by molar-refractivity contribution is 0.165. The van der Waals surface area contributed by atoms with Gasteiger partial charge in [0.2, 0.25) is 10.0 Å². The van der Waals surface area contributed by atoms with E-state index in [4.69, 9.17) is 14.3 Å². The van der Waals surface area contributed by atoms with E-state index in [1.807, 2.05) is 12.1 Å². The van der Waals surface area contributed by atoms with Crippen LogP contribution in [0.3, 0.4) is 0 Å². The number of hydrogen-bond acceptors (Lipinski definition) is 5. The highest BCUT2D eigenvalue weighted by Gasteiger charge is 2.31. The number of furan rings is 1. The smallest absolute Gasteiger partial charge is 0.238 e. The van der Waals surface area contributed by atoms with Crippen LogP contribution in [-0.2, 0) is 27.7 Å². The molecule has 2 aromatic rings. The van der Waals surface area contributed by atoms with Crippen molar-refractivity contribution in [3.05, 3.63) is 54.0 Å². The minimum Gasteiger partial charge on any atom is -0.469 e. The van der Waals surface area contributed by atoms with Gasteiger partial charge in [0, 0.05) is 20.1 Å². The van der Waals surface area contributed by atoms with E-state index in [-0.39, 0.29) is 10.9 Å². The van der Waals surface area contributed by atoms with Crippen LogP contribution in [0.1, 0.15) is 24.2 Å². The van der Waals surface area contributed by atoms with Gasteiger partial charge in [0.1, 0.15) is 5.76 Å². The molecule has 1 aliphatic carbocycles. The number of nitrogens with one attached hydrogen (secondary N) is 2. The van der Waals surface area contributed by atoms with E-state index in [0.29, 0.717) is 31.6 Å². The van der Waals surface area contributed by atoms with Crippen molar-refractivity contribution in [3.63, 3.8) is 0 Å². The van der Waals surface area contributed by atoms with Gasteiger partial charge in [-0.05, 0) is 48.6 Å². The fourth-order valence-corrected chi connectivity index (χ4v) is 3.53. The summed E-state index contributed by atoms with van der Waals surface area (Å²) in [5.74, 6) is 2.20. The molecule has 8 nitrogen and oxygen atoms in total. The molecular weight excluding hydrogens is 392 g/mol. The normalized spacial score (nSPS) is 15.9. The second-order valence-electron chi connectivity index (χ2n) is 7.15. The quantitative estimate of drug-likeness (QED) is 0.397. The Morgan fingerprint density at radius 1 is 1.31 bits per heavy atom. The minimum atomic E-state index is -3.69. The number of aliphatic imine (C=N–C) groups is 1. The molecule has 1 aliphatic rings. The summed E-state index contributed by atoms with van der Waals surface area (Å²) in [5.41, 5.74) is 0.888. The summed E-state index contributed by atoms with van der Waals surface area (Å²) in [6, 6.07) is 10.5. The fraction of sp³-hybridized carbons (Fsp3) is 0.450. The third-order valence-corrected chi connectivity index (χ3v) is 5.70. The van der Waals surface area contributed by atoms with Gasteiger partial charge < -0.3 is 19.8 Å². The summed E-state index contributed by atoms with van der Waals surface area (Å²) in [4.78, 5) is 4.76. The number of primary sulfonamides is 1. The van der Waals surface area contributed by atoms with Gasteiger partial charge in [0.15, 0.2) is 5.96 Å². The summed E-state index contributed by atoms with van der Waals surface area (Å²) in [7, 11) is -1.99. The average Bonchev–Trinajstić information content (AvgIpc) is 3.41. The number of rotatable bonds is 10. The second kappa shape index (κ2) is 9.91. The molecule has 4 N–H and O–H groups in total. The van der Waals surface area contributed by atoms with Gasteiger partial charge in [-0.1, -0.05) is 12.1 Å². The Balaban J connectivity index is 1.64. The highest BCUT2D eigenvalue weighted by atomic mass is 32.2. The molecule has 0 radical (unpaired) electrons. The number of methoxy groups -OCH3 is 1. The van der Waals surface area contributed by atoms with Gasteiger partial charge in [0.05, 0.1) is 30.4 Å². The van der Waals surface area contributed by atoms with Crippen molar-refractivity contribution >= 4 is 16.0 Å². The van der Waals surface area contributed by atoms with Crippen molar-refractivity contribution in [2.45, 2.75) is 36.7 Å². The standard InChI is InChI=1S/C20H28N4O4S/c1-27-14-19(16-6-7-16)24-20(22-11-10-17-3-2-12-28-17)23-13-15-4-8-18(9-5-15)29(21,25)26/h2-5,8-9,12,16,19H,6-7,10-11,13-14H2,1H3,(H2,21,25,26)(H2,22,23,24). The SMILES string of the molecule is COCC(NC(=NCc1ccc(S(N)(=O)=O)cc1)NCCc1ccco1)C1CC1. The van der Waals surface area contributed by atoms with Crippen molar-refractivity contribution in [2.75, 3.05) is 20.3 Å². The summed E-state index contributed by atoms with van der Waals surface area (Å²) in [6.07, 6.45) is 4.79. The van der Waals surface area contributed by atoms with Gasteiger partial charge in [0.25, 0.3) is 0 Å². The topological polar surface area (TPSA) is 119 Å². The van der Waals surface area contributed by atoms with Gasteiger partial charge in [-0.15, -0.1) is 0 Å². The molecule has 0 aliphatic heterocycles.